The van der Waals surface area contributed by atoms with E-state index >= 15 is 0 Å². The normalized spacial score (nSPS) is 13.0. The second-order valence-electron chi connectivity index (χ2n) is 8.92. The third-order valence-electron chi connectivity index (χ3n) is 6.25. The fourth-order valence-electron chi connectivity index (χ4n) is 4.12. The summed E-state index contributed by atoms with van der Waals surface area (Å²) in [5, 5.41) is 15.5. The van der Waals surface area contributed by atoms with E-state index in [1.165, 1.54) is 38.4 Å². The number of benzene rings is 1. The van der Waals surface area contributed by atoms with E-state index in [2.05, 4.69) is 25.7 Å². The molecule has 3 aromatic heterocycles. The average Bonchev–Trinajstić information content (AvgIpc) is 3.59. The topological polar surface area (TPSA) is 112 Å². The van der Waals surface area contributed by atoms with Crippen molar-refractivity contribution in [3.05, 3.63) is 59.4 Å². The third-order valence-corrected chi connectivity index (χ3v) is 6.25. The van der Waals surface area contributed by atoms with E-state index < -0.39 is 6.09 Å². The number of anilines is 3. The zero-order chi connectivity index (χ0) is 25.4. The van der Waals surface area contributed by atoms with E-state index in [-0.39, 0.29) is 5.82 Å². The van der Waals surface area contributed by atoms with Gasteiger partial charge in [0.25, 0.3) is 0 Å². The van der Waals surface area contributed by atoms with Crippen LogP contribution in [-0.4, -0.2) is 42.7 Å². The number of aryl methyl sites for hydroxylation is 1. The van der Waals surface area contributed by atoms with Crippen LogP contribution in [0, 0.1) is 32.5 Å². The Morgan fingerprint density at radius 3 is 2.58 bits per heavy atom. The first-order chi connectivity index (χ1) is 17.3. The summed E-state index contributed by atoms with van der Waals surface area (Å²) >= 11 is 0. The van der Waals surface area contributed by atoms with Gasteiger partial charge in [-0.1, -0.05) is 0 Å². The third kappa shape index (κ3) is 4.64. The number of hydrogen-bond acceptors (Lipinski definition) is 7. The molecule has 0 bridgehead atoms. The minimum absolute atomic E-state index is 0.283. The molecule has 0 spiro atoms. The molecule has 5 rings (SSSR count). The highest BCUT2D eigenvalue weighted by molar-refractivity contribution is 5.86. The Bertz CT molecular complexity index is 1420. The number of halogens is 1. The molecule has 3 heterocycles. The average molecular weight is 491 g/mol. The summed E-state index contributed by atoms with van der Waals surface area (Å²) in [4.78, 5) is 20.5. The van der Waals surface area contributed by atoms with Crippen LogP contribution in [0.15, 0.2) is 36.7 Å². The summed E-state index contributed by atoms with van der Waals surface area (Å²) in [5.41, 5.74) is 4.49. The maximum atomic E-state index is 13.5. The second-order valence-corrected chi connectivity index (χ2v) is 8.92. The van der Waals surface area contributed by atoms with Crippen LogP contribution in [0.5, 0.6) is 0 Å². The molecule has 0 unspecified atom stereocenters. The minimum atomic E-state index is -0.567. The Balaban J connectivity index is 1.48. The van der Waals surface area contributed by atoms with Gasteiger partial charge in [-0.05, 0) is 63.8 Å². The standard InChI is InChI=1S/C25H27FN8O2/c1-14-22(18-7-9-19(26)10-8-18)32-33(12-17-5-6-17)24(14)29-20-11-21(28-13-27-20)34-16(3)23(15(2)31-34)30-25(35)36-4/h7-11,13,17H,5-6,12H2,1-4H3,(H,30,35)(H,27,28,29). The number of hydrogen-bond donors (Lipinski definition) is 2. The molecule has 4 aromatic rings. The first-order valence-electron chi connectivity index (χ1n) is 11.7. The Morgan fingerprint density at radius 1 is 1.14 bits per heavy atom. The van der Waals surface area contributed by atoms with Crippen molar-refractivity contribution in [1.82, 2.24) is 29.5 Å². The highest BCUT2D eigenvalue weighted by Gasteiger charge is 2.26. The Morgan fingerprint density at radius 2 is 1.89 bits per heavy atom. The molecule has 11 heteroatoms. The highest BCUT2D eigenvalue weighted by atomic mass is 19.1. The van der Waals surface area contributed by atoms with Gasteiger partial charge in [0.15, 0.2) is 5.82 Å². The first-order valence-corrected chi connectivity index (χ1v) is 11.7. The molecule has 1 aliphatic rings. The quantitative estimate of drug-likeness (QED) is 0.378. The van der Waals surface area contributed by atoms with E-state index in [4.69, 9.17) is 9.84 Å². The molecule has 0 radical (unpaired) electrons. The van der Waals surface area contributed by atoms with Gasteiger partial charge in [0.05, 0.1) is 29.9 Å². The molecule has 0 aliphatic heterocycles. The zero-order valence-corrected chi connectivity index (χ0v) is 20.5. The molecule has 10 nitrogen and oxygen atoms in total. The molecule has 1 aromatic carbocycles. The fourth-order valence-corrected chi connectivity index (χ4v) is 4.12. The predicted octanol–water partition coefficient (Wildman–Crippen LogP) is 4.92. The Labute approximate surface area is 207 Å². The summed E-state index contributed by atoms with van der Waals surface area (Å²) in [6, 6.07) is 8.14. The van der Waals surface area contributed by atoms with Gasteiger partial charge in [-0.3, -0.25) is 5.32 Å². The monoisotopic (exact) mass is 490 g/mol. The summed E-state index contributed by atoms with van der Waals surface area (Å²) in [7, 11) is 1.31. The SMILES string of the molecule is COC(=O)Nc1c(C)nn(-c2cc(Nc3c(C)c(-c4ccc(F)cc4)nn3CC3CC3)ncn2)c1C. The van der Waals surface area contributed by atoms with Crippen LogP contribution in [0.25, 0.3) is 17.1 Å². The van der Waals surface area contributed by atoms with Gasteiger partial charge in [-0.2, -0.15) is 10.2 Å². The highest BCUT2D eigenvalue weighted by Crippen LogP contribution is 2.35. The molecular formula is C25H27FN8O2. The Hall–Kier alpha value is -4.28. The minimum Gasteiger partial charge on any atom is -0.453 e. The van der Waals surface area contributed by atoms with Crippen LogP contribution in [0.4, 0.5) is 26.5 Å². The number of carbonyl (C=O) groups is 1. The largest absolute Gasteiger partial charge is 0.453 e. The van der Waals surface area contributed by atoms with Crippen molar-refractivity contribution in [2.24, 2.45) is 5.92 Å². The molecule has 1 amide bonds. The molecule has 0 atom stereocenters. The van der Waals surface area contributed by atoms with Gasteiger partial charge < -0.3 is 10.1 Å². The molecule has 1 saturated carbocycles. The van der Waals surface area contributed by atoms with E-state index in [9.17, 15) is 9.18 Å². The molecule has 36 heavy (non-hydrogen) atoms. The van der Waals surface area contributed by atoms with Crippen molar-refractivity contribution in [3.8, 4) is 17.1 Å². The van der Waals surface area contributed by atoms with Gasteiger partial charge >= 0.3 is 6.09 Å². The van der Waals surface area contributed by atoms with Crippen LogP contribution in [-0.2, 0) is 11.3 Å². The van der Waals surface area contributed by atoms with Gasteiger partial charge in [-0.15, -0.1) is 0 Å². The number of carbonyl (C=O) groups excluding carboxylic acids is 1. The van der Waals surface area contributed by atoms with E-state index in [0.29, 0.717) is 34.6 Å². The second kappa shape index (κ2) is 9.40. The molecule has 2 N–H and O–H groups in total. The van der Waals surface area contributed by atoms with Crippen molar-refractivity contribution in [2.45, 2.75) is 40.2 Å². The Kier molecular flexibility index (Phi) is 6.13. The summed E-state index contributed by atoms with van der Waals surface area (Å²) in [6.07, 6.45) is 3.25. The molecular weight excluding hydrogens is 463 g/mol. The zero-order valence-electron chi connectivity index (χ0n) is 20.5. The maximum Gasteiger partial charge on any atom is 0.411 e. The smallest absolute Gasteiger partial charge is 0.411 e. The lowest BCUT2D eigenvalue weighted by Crippen LogP contribution is -2.12. The molecule has 0 saturated heterocycles. The van der Waals surface area contributed by atoms with E-state index in [1.807, 2.05) is 18.5 Å². The van der Waals surface area contributed by atoms with Gasteiger partial charge in [-0.25, -0.2) is 28.5 Å². The van der Waals surface area contributed by atoms with Gasteiger partial charge in [0.1, 0.15) is 23.8 Å². The van der Waals surface area contributed by atoms with Crippen LogP contribution in [0.3, 0.4) is 0 Å². The predicted molar refractivity (Wildman–Crippen MR) is 133 cm³/mol. The fraction of sp³-hybridized carbons (Fsp3) is 0.320. The number of ether oxygens (including phenoxy) is 1. The van der Waals surface area contributed by atoms with E-state index in [0.717, 1.165) is 29.2 Å². The number of amides is 1. The lowest BCUT2D eigenvalue weighted by molar-refractivity contribution is 0.187. The maximum absolute atomic E-state index is 13.5. The number of methoxy groups -OCH3 is 1. The van der Waals surface area contributed by atoms with Gasteiger partial charge in [0, 0.05) is 23.7 Å². The van der Waals surface area contributed by atoms with Crippen LogP contribution < -0.4 is 10.6 Å². The van der Waals surface area contributed by atoms with Crippen molar-refractivity contribution in [2.75, 3.05) is 17.7 Å². The summed E-state index contributed by atoms with van der Waals surface area (Å²) in [5.74, 6) is 2.25. The van der Waals surface area contributed by atoms with Crippen LogP contribution in [0.2, 0.25) is 0 Å². The summed E-state index contributed by atoms with van der Waals surface area (Å²) < 4.78 is 21.8. The summed E-state index contributed by atoms with van der Waals surface area (Å²) in [6.45, 7) is 6.42. The van der Waals surface area contributed by atoms with Crippen LogP contribution >= 0.6 is 0 Å². The molecule has 1 fully saturated rings. The number of nitrogens with one attached hydrogen (secondary N) is 2. The van der Waals surface area contributed by atoms with Crippen molar-refractivity contribution >= 4 is 23.4 Å². The number of rotatable bonds is 7. The van der Waals surface area contributed by atoms with Crippen LogP contribution in [0.1, 0.15) is 29.8 Å². The van der Waals surface area contributed by atoms with Gasteiger partial charge in [0.2, 0.25) is 0 Å². The van der Waals surface area contributed by atoms with Crippen molar-refractivity contribution in [3.63, 3.8) is 0 Å². The van der Waals surface area contributed by atoms with Crippen molar-refractivity contribution < 1.29 is 13.9 Å². The lowest BCUT2D eigenvalue weighted by Gasteiger charge is -2.11. The number of nitrogens with zero attached hydrogens (tertiary/aromatic N) is 6. The van der Waals surface area contributed by atoms with E-state index in [1.54, 1.807) is 29.8 Å². The number of aromatic nitrogens is 6. The molecule has 186 valence electrons. The van der Waals surface area contributed by atoms with Crippen molar-refractivity contribution in [1.29, 1.82) is 0 Å². The first kappa shape index (κ1) is 23.5. The lowest BCUT2D eigenvalue weighted by atomic mass is 10.1. The molecule has 1 aliphatic carbocycles.